The molecule has 6 heteroatoms. The fourth-order valence-corrected chi connectivity index (χ4v) is 4.69. The summed E-state index contributed by atoms with van der Waals surface area (Å²) >= 11 is 1.48. The van der Waals surface area contributed by atoms with E-state index < -0.39 is 0 Å². The van der Waals surface area contributed by atoms with Gasteiger partial charge in [0.15, 0.2) is 6.61 Å². The van der Waals surface area contributed by atoms with Gasteiger partial charge in [0.25, 0.3) is 5.91 Å². The molecular weight excluding hydrogens is 362 g/mol. The van der Waals surface area contributed by atoms with Gasteiger partial charge in [-0.1, -0.05) is 19.1 Å². The molecule has 1 aromatic heterocycles. The topological polar surface area (TPSA) is 64.6 Å². The van der Waals surface area contributed by atoms with Crippen molar-refractivity contribution < 1.29 is 19.1 Å². The number of amides is 1. The predicted octanol–water partition coefficient (Wildman–Crippen LogP) is 4.38. The van der Waals surface area contributed by atoms with E-state index in [4.69, 9.17) is 9.47 Å². The summed E-state index contributed by atoms with van der Waals surface area (Å²) in [4.78, 5) is 26.1. The van der Waals surface area contributed by atoms with Crippen LogP contribution in [0.4, 0.5) is 5.00 Å². The van der Waals surface area contributed by atoms with E-state index in [-0.39, 0.29) is 18.5 Å². The van der Waals surface area contributed by atoms with Crippen molar-refractivity contribution in [2.24, 2.45) is 5.92 Å². The van der Waals surface area contributed by atoms with Crippen molar-refractivity contribution in [1.29, 1.82) is 0 Å². The molecule has 1 aliphatic carbocycles. The fraction of sp³-hybridized carbons (Fsp3) is 0.429. The lowest BCUT2D eigenvalue weighted by Gasteiger charge is -2.18. The first-order chi connectivity index (χ1) is 13.0. The van der Waals surface area contributed by atoms with E-state index in [0.717, 1.165) is 30.4 Å². The zero-order valence-corrected chi connectivity index (χ0v) is 16.8. The van der Waals surface area contributed by atoms with Gasteiger partial charge in [0, 0.05) is 4.88 Å². The molecule has 0 bridgehead atoms. The minimum Gasteiger partial charge on any atom is -0.484 e. The maximum atomic E-state index is 12.5. The molecule has 1 atom stereocenters. The third-order valence-corrected chi connectivity index (χ3v) is 5.77. The van der Waals surface area contributed by atoms with Gasteiger partial charge in [-0.25, -0.2) is 4.79 Å². The Hall–Kier alpha value is -2.34. The standard InChI is InChI=1S/C21H25NO4S/c1-4-25-21(24)19-16-9-8-14(3)11-17(16)27-20(19)22-18(23)12-26-15-7-5-6-13(2)10-15/h5-7,10,14H,4,8-9,11-12H2,1-3H3,(H,22,23)/t14-/m1/s1. The highest BCUT2D eigenvalue weighted by atomic mass is 32.1. The second-order valence-corrected chi connectivity index (χ2v) is 8.03. The van der Waals surface area contributed by atoms with Crippen LogP contribution in [-0.4, -0.2) is 25.1 Å². The van der Waals surface area contributed by atoms with Gasteiger partial charge in [-0.05, 0) is 62.3 Å². The highest BCUT2D eigenvalue weighted by Crippen LogP contribution is 2.40. The quantitative estimate of drug-likeness (QED) is 0.747. The molecule has 1 aromatic carbocycles. The maximum absolute atomic E-state index is 12.5. The molecule has 3 rings (SSSR count). The molecule has 0 radical (unpaired) electrons. The van der Waals surface area contributed by atoms with E-state index in [1.165, 1.54) is 16.2 Å². The number of benzene rings is 1. The Balaban J connectivity index is 1.75. The summed E-state index contributed by atoms with van der Waals surface area (Å²) in [5.74, 6) is 0.586. The lowest BCUT2D eigenvalue weighted by atomic mass is 9.88. The Labute approximate surface area is 163 Å². The minimum absolute atomic E-state index is 0.106. The predicted molar refractivity (Wildman–Crippen MR) is 107 cm³/mol. The van der Waals surface area contributed by atoms with Crippen molar-refractivity contribution in [2.75, 3.05) is 18.5 Å². The van der Waals surface area contributed by atoms with Crippen molar-refractivity contribution >= 4 is 28.2 Å². The summed E-state index contributed by atoms with van der Waals surface area (Å²) in [5.41, 5.74) is 2.62. The molecule has 0 fully saturated rings. The molecule has 5 nitrogen and oxygen atoms in total. The molecule has 144 valence electrons. The van der Waals surface area contributed by atoms with Gasteiger partial charge >= 0.3 is 5.97 Å². The second-order valence-electron chi connectivity index (χ2n) is 6.93. The van der Waals surface area contributed by atoms with Gasteiger partial charge in [0.2, 0.25) is 0 Å². The number of ether oxygens (including phenoxy) is 2. The molecule has 0 unspecified atom stereocenters. The number of thiophene rings is 1. The van der Waals surface area contributed by atoms with Crippen molar-refractivity contribution in [2.45, 2.75) is 40.0 Å². The van der Waals surface area contributed by atoms with E-state index >= 15 is 0 Å². The molecule has 1 aliphatic rings. The molecule has 0 saturated heterocycles. The van der Waals surface area contributed by atoms with E-state index in [0.29, 0.717) is 28.8 Å². The summed E-state index contributed by atoms with van der Waals surface area (Å²) in [6, 6.07) is 7.55. The van der Waals surface area contributed by atoms with E-state index in [1.807, 2.05) is 31.2 Å². The molecule has 0 saturated carbocycles. The van der Waals surface area contributed by atoms with Crippen molar-refractivity contribution in [1.82, 2.24) is 0 Å². The number of hydrogen-bond acceptors (Lipinski definition) is 5. The number of anilines is 1. The van der Waals surface area contributed by atoms with Crippen molar-refractivity contribution in [3.8, 4) is 5.75 Å². The highest BCUT2D eigenvalue weighted by molar-refractivity contribution is 7.17. The van der Waals surface area contributed by atoms with Crippen molar-refractivity contribution in [3.63, 3.8) is 0 Å². The molecule has 27 heavy (non-hydrogen) atoms. The second kappa shape index (κ2) is 8.57. The Kier molecular flexibility index (Phi) is 6.16. The zero-order chi connectivity index (χ0) is 19.4. The number of rotatable bonds is 6. The zero-order valence-electron chi connectivity index (χ0n) is 16.0. The van der Waals surface area contributed by atoms with Crippen LogP contribution in [0.15, 0.2) is 24.3 Å². The summed E-state index contributed by atoms with van der Waals surface area (Å²) in [6.45, 7) is 6.16. The van der Waals surface area contributed by atoms with Gasteiger partial charge in [-0.2, -0.15) is 0 Å². The van der Waals surface area contributed by atoms with Crippen LogP contribution < -0.4 is 10.1 Å². The Morgan fingerprint density at radius 1 is 1.33 bits per heavy atom. The Bertz CT molecular complexity index is 843. The van der Waals surface area contributed by atoms with Crippen LogP contribution in [0.3, 0.4) is 0 Å². The largest absolute Gasteiger partial charge is 0.484 e. The average molecular weight is 388 g/mol. The fourth-order valence-electron chi connectivity index (χ4n) is 3.27. The van der Waals surface area contributed by atoms with Gasteiger partial charge in [0.05, 0.1) is 12.2 Å². The number of hydrogen-bond donors (Lipinski definition) is 1. The Morgan fingerprint density at radius 3 is 2.89 bits per heavy atom. The monoisotopic (exact) mass is 387 g/mol. The number of carbonyl (C=O) groups is 2. The molecule has 0 aliphatic heterocycles. The molecular formula is C21H25NO4S. The Morgan fingerprint density at radius 2 is 2.15 bits per heavy atom. The van der Waals surface area contributed by atoms with E-state index in [2.05, 4.69) is 12.2 Å². The van der Waals surface area contributed by atoms with Crippen LogP contribution in [-0.2, 0) is 22.4 Å². The smallest absolute Gasteiger partial charge is 0.341 e. The van der Waals surface area contributed by atoms with E-state index in [1.54, 1.807) is 6.92 Å². The summed E-state index contributed by atoms with van der Waals surface area (Å²) < 4.78 is 10.8. The third kappa shape index (κ3) is 4.69. The molecule has 1 heterocycles. The number of nitrogens with one attached hydrogen (secondary N) is 1. The molecule has 1 N–H and O–H groups in total. The van der Waals surface area contributed by atoms with Crippen molar-refractivity contribution in [3.05, 3.63) is 45.8 Å². The lowest BCUT2D eigenvalue weighted by molar-refractivity contribution is -0.118. The van der Waals surface area contributed by atoms with Gasteiger partial charge < -0.3 is 14.8 Å². The first-order valence-electron chi connectivity index (χ1n) is 9.29. The summed E-state index contributed by atoms with van der Waals surface area (Å²) in [7, 11) is 0. The van der Waals surface area contributed by atoms with Gasteiger partial charge in [-0.3, -0.25) is 4.79 Å². The number of carbonyl (C=O) groups excluding carboxylic acids is 2. The third-order valence-electron chi connectivity index (χ3n) is 4.60. The van der Waals surface area contributed by atoms with Gasteiger partial charge in [-0.15, -0.1) is 11.3 Å². The van der Waals surface area contributed by atoms with Crippen LogP contribution in [0, 0.1) is 12.8 Å². The lowest BCUT2D eigenvalue weighted by Crippen LogP contribution is -2.21. The summed E-state index contributed by atoms with van der Waals surface area (Å²) in [6.07, 6.45) is 2.82. The van der Waals surface area contributed by atoms with Gasteiger partial charge in [0.1, 0.15) is 10.8 Å². The van der Waals surface area contributed by atoms with Crippen LogP contribution in [0.5, 0.6) is 5.75 Å². The molecule has 0 spiro atoms. The number of aryl methyl sites for hydroxylation is 1. The maximum Gasteiger partial charge on any atom is 0.341 e. The molecule has 1 amide bonds. The number of fused-ring (bicyclic) bond motifs is 1. The first-order valence-corrected chi connectivity index (χ1v) is 10.1. The molecule has 2 aromatic rings. The highest BCUT2D eigenvalue weighted by Gasteiger charge is 2.29. The van der Waals surface area contributed by atoms with Crippen LogP contribution in [0.2, 0.25) is 0 Å². The average Bonchev–Trinajstić information content (AvgIpc) is 2.97. The summed E-state index contributed by atoms with van der Waals surface area (Å²) in [5, 5.41) is 3.43. The SMILES string of the molecule is CCOC(=O)c1c(NC(=O)COc2cccc(C)c2)sc2c1CC[C@@H](C)C2. The van der Waals surface area contributed by atoms with Crippen LogP contribution in [0.1, 0.15) is 46.6 Å². The number of esters is 1. The normalized spacial score (nSPS) is 15.7. The minimum atomic E-state index is -0.362. The van der Waals surface area contributed by atoms with E-state index in [9.17, 15) is 9.59 Å². The van der Waals surface area contributed by atoms with Crippen LogP contribution >= 0.6 is 11.3 Å². The van der Waals surface area contributed by atoms with Crippen LogP contribution in [0.25, 0.3) is 0 Å². The first kappa shape index (κ1) is 19.4.